The summed E-state index contributed by atoms with van der Waals surface area (Å²) >= 11 is 0. The number of carboxylic acids is 2. The average Bonchev–Trinajstić information content (AvgIpc) is 1.87. The van der Waals surface area contributed by atoms with Gasteiger partial charge in [-0.1, -0.05) is 0 Å². The van der Waals surface area contributed by atoms with Gasteiger partial charge in [0.1, 0.15) is 5.71 Å². The van der Waals surface area contributed by atoms with Gasteiger partial charge in [-0.3, -0.25) is 4.79 Å². The van der Waals surface area contributed by atoms with Gasteiger partial charge < -0.3 is 20.6 Å². The Hall–Kier alpha value is -1.59. The molecule has 0 spiro atoms. The van der Waals surface area contributed by atoms with Crippen LogP contribution in [0.1, 0.15) is 12.8 Å². The first-order valence-electron chi connectivity index (χ1n) is 2.72. The first-order chi connectivity index (χ1) is 5.07. The standard InChI is InChI=1S/C5H7NO5/c7-4(8)2-1-3(6-11)5(9)10/h11H,1-2H2,(H,7,8)(H,9,10)/p-1/b6-3+. The van der Waals surface area contributed by atoms with E-state index in [2.05, 4.69) is 5.16 Å². The molecule has 0 aromatic carbocycles. The van der Waals surface area contributed by atoms with Crippen molar-refractivity contribution >= 4 is 17.7 Å². The van der Waals surface area contributed by atoms with Gasteiger partial charge in [0, 0.05) is 6.42 Å². The summed E-state index contributed by atoms with van der Waals surface area (Å²) < 4.78 is 0. The average molecular weight is 160 g/mol. The predicted octanol–water partition coefficient (Wildman–Crippen LogP) is -0.125. The van der Waals surface area contributed by atoms with Crippen molar-refractivity contribution in [1.29, 1.82) is 0 Å². The van der Waals surface area contributed by atoms with Crippen molar-refractivity contribution in [3.63, 3.8) is 0 Å². The molecule has 0 heterocycles. The number of hydrogen-bond donors (Lipinski definition) is 2. The smallest absolute Gasteiger partial charge is 0.349 e. The van der Waals surface area contributed by atoms with Crippen molar-refractivity contribution in [2.24, 2.45) is 5.16 Å². The maximum absolute atomic E-state index is 10.0. The summed E-state index contributed by atoms with van der Waals surface area (Å²) in [5.74, 6) is -2.63. The number of hydrogen-bond acceptors (Lipinski definition) is 4. The second kappa shape index (κ2) is 4.26. The van der Waals surface area contributed by atoms with Gasteiger partial charge in [0.05, 0.1) is 6.42 Å². The van der Waals surface area contributed by atoms with Gasteiger partial charge in [-0.15, -0.1) is 0 Å². The third-order valence-electron chi connectivity index (χ3n) is 0.933. The van der Waals surface area contributed by atoms with Crippen LogP contribution in [0.4, 0.5) is 0 Å². The van der Waals surface area contributed by atoms with E-state index < -0.39 is 24.1 Å². The van der Waals surface area contributed by atoms with Crippen molar-refractivity contribution in [3.8, 4) is 0 Å². The Labute approximate surface area is 61.8 Å². The SMILES string of the molecule is O=C(O)CC/C(=N\[O-])C(=O)O. The van der Waals surface area contributed by atoms with Gasteiger partial charge in [-0.2, -0.15) is 0 Å². The molecule has 2 N–H and O–H groups in total. The first kappa shape index (κ1) is 9.41. The predicted molar refractivity (Wildman–Crippen MR) is 35.3 cm³/mol. The summed E-state index contributed by atoms with van der Waals surface area (Å²) in [6.07, 6.45) is -0.735. The lowest BCUT2D eigenvalue weighted by Gasteiger charge is -1.99. The van der Waals surface area contributed by atoms with E-state index in [4.69, 9.17) is 10.2 Å². The number of carboxylic acid groups (broad SMARTS) is 2. The minimum atomic E-state index is -1.47. The van der Waals surface area contributed by atoms with Gasteiger partial charge in [-0.05, 0) is 0 Å². The summed E-state index contributed by atoms with van der Waals surface area (Å²) in [5.41, 5.74) is -0.660. The molecular formula is C5H6NO5-. The van der Waals surface area contributed by atoms with Gasteiger partial charge in [0.2, 0.25) is 0 Å². The molecule has 0 fully saturated rings. The topological polar surface area (TPSA) is 110 Å². The Morgan fingerprint density at radius 2 is 1.82 bits per heavy atom. The summed E-state index contributed by atoms with van der Waals surface area (Å²) in [4.78, 5) is 19.9. The second-order valence-corrected chi connectivity index (χ2v) is 1.74. The first-order valence-corrected chi connectivity index (χ1v) is 2.72. The van der Waals surface area contributed by atoms with Gasteiger partial charge in [0.25, 0.3) is 0 Å². The second-order valence-electron chi connectivity index (χ2n) is 1.74. The summed E-state index contributed by atoms with van der Waals surface area (Å²) in [6, 6.07) is 0. The zero-order chi connectivity index (χ0) is 8.85. The fourth-order valence-electron chi connectivity index (χ4n) is 0.417. The monoisotopic (exact) mass is 160 g/mol. The Kier molecular flexibility index (Phi) is 3.65. The van der Waals surface area contributed by atoms with Crippen LogP contribution in [-0.2, 0) is 9.59 Å². The molecule has 0 radical (unpaired) electrons. The van der Waals surface area contributed by atoms with Crippen molar-refractivity contribution in [3.05, 3.63) is 5.21 Å². The Morgan fingerprint density at radius 1 is 1.27 bits per heavy atom. The molecule has 0 aliphatic heterocycles. The van der Waals surface area contributed by atoms with Crippen LogP contribution in [0.2, 0.25) is 0 Å². The molecule has 0 aromatic heterocycles. The molecule has 0 saturated heterocycles. The van der Waals surface area contributed by atoms with Crippen LogP contribution >= 0.6 is 0 Å². The van der Waals surface area contributed by atoms with Gasteiger partial charge >= 0.3 is 11.9 Å². The van der Waals surface area contributed by atoms with Crippen LogP contribution in [0.5, 0.6) is 0 Å². The minimum Gasteiger partial charge on any atom is -0.792 e. The van der Waals surface area contributed by atoms with E-state index in [0.29, 0.717) is 0 Å². The van der Waals surface area contributed by atoms with E-state index in [1.807, 2.05) is 0 Å². The molecule has 6 nitrogen and oxygen atoms in total. The molecule has 0 aliphatic rings. The lowest BCUT2D eigenvalue weighted by molar-refractivity contribution is -0.136. The molecule has 0 rings (SSSR count). The molecule has 0 aliphatic carbocycles. The molecule has 0 aromatic rings. The normalized spacial score (nSPS) is 11.1. The summed E-state index contributed by atoms with van der Waals surface area (Å²) in [5, 5.41) is 28.1. The van der Waals surface area contributed by atoms with E-state index in [-0.39, 0.29) is 6.42 Å². The molecule has 0 unspecified atom stereocenters. The third-order valence-corrected chi connectivity index (χ3v) is 0.933. The van der Waals surface area contributed by atoms with E-state index in [0.717, 1.165) is 0 Å². The molecule has 0 saturated carbocycles. The van der Waals surface area contributed by atoms with E-state index in [1.165, 1.54) is 0 Å². The van der Waals surface area contributed by atoms with Gasteiger partial charge in [-0.25, -0.2) is 4.79 Å². The molecule has 0 atom stereocenters. The van der Waals surface area contributed by atoms with Crippen LogP contribution in [0.3, 0.4) is 0 Å². The largest absolute Gasteiger partial charge is 0.792 e. The third kappa shape index (κ3) is 3.90. The minimum absolute atomic E-state index is 0.339. The van der Waals surface area contributed by atoms with Crippen LogP contribution < -0.4 is 0 Å². The molecular weight excluding hydrogens is 154 g/mol. The maximum Gasteiger partial charge on any atom is 0.349 e. The van der Waals surface area contributed by atoms with Crippen molar-refractivity contribution in [2.75, 3.05) is 0 Å². The highest BCUT2D eigenvalue weighted by Gasteiger charge is 2.08. The van der Waals surface area contributed by atoms with Crippen molar-refractivity contribution in [2.45, 2.75) is 12.8 Å². The van der Waals surface area contributed by atoms with Crippen LogP contribution in [0, 0.1) is 5.21 Å². The molecule has 11 heavy (non-hydrogen) atoms. The number of aliphatic carboxylic acids is 2. The zero-order valence-electron chi connectivity index (χ0n) is 5.48. The van der Waals surface area contributed by atoms with E-state index >= 15 is 0 Å². The Morgan fingerprint density at radius 3 is 2.09 bits per heavy atom. The summed E-state index contributed by atoms with van der Waals surface area (Å²) in [6.45, 7) is 0. The fraction of sp³-hybridized carbons (Fsp3) is 0.400. The fourth-order valence-corrected chi connectivity index (χ4v) is 0.417. The van der Waals surface area contributed by atoms with Crippen LogP contribution in [-0.4, -0.2) is 27.9 Å². The summed E-state index contributed by atoms with van der Waals surface area (Å²) in [7, 11) is 0. The molecule has 0 bridgehead atoms. The highest BCUT2D eigenvalue weighted by molar-refractivity contribution is 6.35. The lowest BCUT2D eigenvalue weighted by atomic mass is 10.2. The number of carbonyl (C=O) groups is 2. The van der Waals surface area contributed by atoms with E-state index in [1.54, 1.807) is 0 Å². The maximum atomic E-state index is 10.0. The highest BCUT2D eigenvalue weighted by atomic mass is 16.4. The lowest BCUT2D eigenvalue weighted by Crippen LogP contribution is -2.14. The van der Waals surface area contributed by atoms with Crippen LogP contribution in [0.15, 0.2) is 5.16 Å². The molecule has 0 amide bonds. The quantitative estimate of drug-likeness (QED) is 0.439. The molecule has 62 valence electrons. The number of rotatable bonds is 4. The van der Waals surface area contributed by atoms with E-state index in [9.17, 15) is 14.8 Å². The Bertz CT molecular complexity index is 197. The highest BCUT2D eigenvalue weighted by Crippen LogP contribution is 1.93. The van der Waals surface area contributed by atoms with Gasteiger partial charge in [0.15, 0.2) is 0 Å². The van der Waals surface area contributed by atoms with Crippen molar-refractivity contribution < 1.29 is 19.8 Å². The molecule has 6 heteroatoms. The Balaban J connectivity index is 3.92. The zero-order valence-corrected chi connectivity index (χ0v) is 5.48. The van der Waals surface area contributed by atoms with Crippen LogP contribution in [0.25, 0.3) is 0 Å². The van der Waals surface area contributed by atoms with Crippen molar-refractivity contribution in [1.82, 2.24) is 0 Å². The number of nitrogens with zero attached hydrogens (tertiary/aromatic N) is 1.